The molecule has 3 amide bonds. The van der Waals surface area contributed by atoms with Crippen molar-refractivity contribution in [2.45, 2.75) is 89.8 Å². The van der Waals surface area contributed by atoms with Crippen LogP contribution in [0.25, 0.3) is 12.2 Å². The van der Waals surface area contributed by atoms with Gasteiger partial charge < -0.3 is 29.4 Å². The molecular weight excluding hydrogens is 1120 g/mol. The van der Waals surface area contributed by atoms with Crippen LogP contribution in [0.5, 0.6) is 0 Å². The van der Waals surface area contributed by atoms with E-state index in [9.17, 15) is 40.7 Å². The summed E-state index contributed by atoms with van der Waals surface area (Å²) in [6, 6.07) is 40.8. The van der Waals surface area contributed by atoms with Crippen molar-refractivity contribution in [3.63, 3.8) is 0 Å². The van der Waals surface area contributed by atoms with Crippen molar-refractivity contribution in [1.82, 2.24) is 0 Å². The van der Waals surface area contributed by atoms with Crippen LogP contribution in [-0.4, -0.2) is 91.6 Å². The van der Waals surface area contributed by atoms with Crippen LogP contribution in [0.3, 0.4) is 0 Å². The lowest BCUT2D eigenvalue weighted by molar-refractivity contribution is -0.926. The maximum Gasteiger partial charge on any atom is 0.416 e. The van der Waals surface area contributed by atoms with E-state index in [0.717, 1.165) is 91.7 Å². The SMILES string of the molecule is C[N+]1(Cc2ccc(NC(=O)/C=C/c3cccc(Br)c3)cc2)CCCCC1.C[N+]1(Cc2ccc(NC(=O)/C=C/c3cccc(C(F)(F)F)c3)cc2)CCCCC1.C[N+]1(Cc2cccc(NC(=O)c3cccc(C(F)(F)F)c3)c2)CCCCC1. The zero-order valence-corrected chi connectivity index (χ0v) is 48.7. The second kappa shape index (κ2) is 28.9. The van der Waals surface area contributed by atoms with E-state index in [4.69, 9.17) is 0 Å². The van der Waals surface area contributed by atoms with Gasteiger partial charge in [0.1, 0.15) is 19.6 Å². The summed E-state index contributed by atoms with van der Waals surface area (Å²) >= 11 is 3.43. The highest BCUT2D eigenvalue weighted by Gasteiger charge is 2.32. The molecule has 434 valence electrons. The van der Waals surface area contributed by atoms with Crippen LogP contribution in [0.1, 0.15) is 107 Å². The van der Waals surface area contributed by atoms with Gasteiger partial charge in [-0.3, -0.25) is 14.4 Å². The number of hydrogen-bond acceptors (Lipinski definition) is 3. The van der Waals surface area contributed by atoms with Gasteiger partial charge >= 0.3 is 12.4 Å². The first-order valence-corrected chi connectivity index (χ1v) is 29.0. The maximum absolute atomic E-state index is 12.8. The second-order valence-electron chi connectivity index (χ2n) is 22.8. The Balaban J connectivity index is 0.000000177. The number of rotatable bonds is 14. The van der Waals surface area contributed by atoms with Gasteiger partial charge in [0.05, 0.1) is 71.5 Å². The molecular formula is C66H76BrF6N6O3+3. The van der Waals surface area contributed by atoms with E-state index < -0.39 is 29.4 Å². The van der Waals surface area contributed by atoms with Crippen molar-refractivity contribution in [3.05, 3.63) is 207 Å². The number of anilines is 3. The fraction of sp³-hybridized carbons (Fsp3) is 0.348. The minimum atomic E-state index is -4.47. The third-order valence-corrected chi connectivity index (χ3v) is 15.9. The van der Waals surface area contributed by atoms with Gasteiger partial charge in [-0.25, -0.2) is 0 Å². The number of nitrogens with zero attached hydrogens (tertiary/aromatic N) is 3. The van der Waals surface area contributed by atoms with E-state index in [2.05, 4.69) is 65.2 Å². The highest BCUT2D eigenvalue weighted by Crippen LogP contribution is 2.32. The molecule has 6 aromatic rings. The van der Waals surface area contributed by atoms with Crippen molar-refractivity contribution in [3.8, 4) is 0 Å². The molecule has 3 N–H and O–H groups in total. The number of quaternary nitrogens is 3. The van der Waals surface area contributed by atoms with E-state index in [1.54, 1.807) is 12.1 Å². The number of benzene rings is 6. The Hall–Kier alpha value is -6.85. The number of hydrogen-bond donors (Lipinski definition) is 3. The normalized spacial score (nSPS) is 16.7. The molecule has 3 aliphatic rings. The van der Waals surface area contributed by atoms with Gasteiger partial charge in [-0.1, -0.05) is 82.7 Å². The molecule has 0 spiro atoms. The lowest BCUT2D eigenvalue weighted by atomic mass is 10.1. The first kappa shape index (κ1) is 62.7. The zero-order chi connectivity index (χ0) is 58.8. The standard InChI is InChI=1S/C23H25F3N2O.C22H25BrN2O.C21H23F3N2O/c1-28(14-3-2-4-15-28)17-19-8-11-21(12-9-19)27-22(29)13-10-18-6-5-7-20(16-18)23(24,25)26;1-25(14-3-2-4-15-25)17-19-8-11-21(12-9-19)24-22(26)13-10-18-6-5-7-20(23)16-18;1-26(11-3-2-4-12-26)15-16-7-5-10-19(13-16)25-20(27)17-8-6-9-18(14-17)21(22,23)24/h5-13,16H,2-4,14-15,17H2,1H3;5-13,16H,2-4,14-15,17H2,1H3;5-10,13-14H,2-4,11-12,15H2,1H3/p+3/b2*13-10+;. The molecule has 3 aliphatic heterocycles. The molecule has 0 atom stereocenters. The van der Waals surface area contributed by atoms with Crippen LogP contribution >= 0.6 is 15.9 Å². The lowest BCUT2D eigenvalue weighted by Gasteiger charge is -2.38. The summed E-state index contributed by atoms with van der Waals surface area (Å²) in [5, 5.41) is 8.38. The Morgan fingerprint density at radius 2 is 0.841 bits per heavy atom. The van der Waals surface area contributed by atoms with Crippen molar-refractivity contribution in [1.29, 1.82) is 0 Å². The predicted molar refractivity (Wildman–Crippen MR) is 320 cm³/mol. The number of nitrogens with one attached hydrogen (secondary N) is 3. The molecule has 3 fully saturated rings. The van der Waals surface area contributed by atoms with E-state index in [0.29, 0.717) is 16.9 Å². The molecule has 0 saturated carbocycles. The van der Waals surface area contributed by atoms with E-state index in [1.807, 2.05) is 84.9 Å². The number of halogens is 7. The van der Waals surface area contributed by atoms with Crippen molar-refractivity contribution in [2.75, 3.05) is 76.4 Å². The van der Waals surface area contributed by atoms with Crippen molar-refractivity contribution >= 4 is 62.9 Å². The van der Waals surface area contributed by atoms with Crippen LogP contribution in [0.4, 0.5) is 43.4 Å². The monoisotopic (exact) mass is 1190 g/mol. The van der Waals surface area contributed by atoms with Crippen LogP contribution in [0.15, 0.2) is 162 Å². The van der Waals surface area contributed by atoms with Gasteiger partial charge in [0, 0.05) is 55.9 Å². The van der Waals surface area contributed by atoms with Gasteiger partial charge in [-0.05, 0) is 160 Å². The van der Waals surface area contributed by atoms with E-state index in [-0.39, 0.29) is 17.4 Å². The molecule has 16 heteroatoms. The lowest BCUT2D eigenvalue weighted by Crippen LogP contribution is -2.46. The van der Waals surface area contributed by atoms with Crippen molar-refractivity contribution < 1.29 is 54.2 Å². The molecule has 0 unspecified atom stereocenters. The van der Waals surface area contributed by atoms with Gasteiger partial charge in [0.2, 0.25) is 11.8 Å². The number of piperidine rings is 3. The largest absolute Gasteiger partial charge is 0.416 e. The summed E-state index contributed by atoms with van der Waals surface area (Å²) in [7, 11) is 6.88. The van der Waals surface area contributed by atoms with E-state index >= 15 is 0 Å². The van der Waals surface area contributed by atoms with Gasteiger partial charge in [0.25, 0.3) is 5.91 Å². The summed E-state index contributed by atoms with van der Waals surface area (Å²) in [6.07, 6.45) is 8.72. The number of alkyl halides is 6. The van der Waals surface area contributed by atoms with Crippen LogP contribution in [-0.2, 0) is 41.6 Å². The Morgan fingerprint density at radius 1 is 0.439 bits per heavy atom. The zero-order valence-electron chi connectivity index (χ0n) is 47.1. The number of carbonyl (C=O) groups excluding carboxylic acids is 3. The Kier molecular flexibility index (Phi) is 22.1. The fourth-order valence-corrected chi connectivity index (χ4v) is 11.4. The molecule has 9 rings (SSSR count). The first-order chi connectivity index (χ1) is 39.0. The molecule has 0 radical (unpaired) electrons. The number of likely N-dealkylation sites (tertiary alicyclic amines) is 3. The molecule has 0 bridgehead atoms. The Morgan fingerprint density at radius 3 is 1.29 bits per heavy atom. The summed E-state index contributed by atoms with van der Waals surface area (Å²) < 4.78 is 80.9. The van der Waals surface area contributed by atoms with Crippen LogP contribution < -0.4 is 16.0 Å². The third-order valence-electron chi connectivity index (χ3n) is 15.4. The van der Waals surface area contributed by atoms with Gasteiger partial charge in [-0.15, -0.1) is 0 Å². The Bertz CT molecular complexity index is 3120. The number of carbonyl (C=O) groups is 3. The first-order valence-electron chi connectivity index (χ1n) is 28.2. The molecule has 3 saturated heterocycles. The van der Waals surface area contributed by atoms with Crippen LogP contribution in [0.2, 0.25) is 0 Å². The average molecular weight is 1200 g/mol. The molecule has 6 aromatic carbocycles. The molecule has 9 nitrogen and oxygen atoms in total. The van der Waals surface area contributed by atoms with Gasteiger partial charge in [0.15, 0.2) is 0 Å². The highest BCUT2D eigenvalue weighted by atomic mass is 79.9. The minimum Gasteiger partial charge on any atom is -0.323 e. The molecule has 82 heavy (non-hydrogen) atoms. The topological polar surface area (TPSA) is 87.3 Å². The van der Waals surface area contributed by atoms with Crippen molar-refractivity contribution in [2.24, 2.45) is 0 Å². The summed E-state index contributed by atoms with van der Waals surface area (Å²) in [5.41, 5.74) is 5.50. The quantitative estimate of drug-likeness (QED) is 0.0577. The summed E-state index contributed by atoms with van der Waals surface area (Å²) in [5.74, 6) is -1.05. The number of amides is 3. The Labute approximate surface area is 487 Å². The fourth-order valence-electron chi connectivity index (χ4n) is 10.9. The highest BCUT2D eigenvalue weighted by molar-refractivity contribution is 9.10. The predicted octanol–water partition coefficient (Wildman–Crippen LogP) is 15.8. The smallest absolute Gasteiger partial charge is 0.323 e. The summed E-state index contributed by atoms with van der Waals surface area (Å²) in [4.78, 5) is 36.6. The average Bonchev–Trinajstić information content (AvgIpc) is 3.46. The molecule has 3 heterocycles. The molecule has 0 aliphatic carbocycles. The second-order valence-corrected chi connectivity index (χ2v) is 23.7. The van der Waals surface area contributed by atoms with Crippen LogP contribution in [0, 0.1) is 0 Å². The van der Waals surface area contributed by atoms with E-state index in [1.165, 1.54) is 132 Å². The van der Waals surface area contributed by atoms with Gasteiger partial charge in [-0.2, -0.15) is 26.3 Å². The third kappa shape index (κ3) is 20.5. The summed E-state index contributed by atoms with van der Waals surface area (Å²) in [6.45, 7) is 10.1. The minimum absolute atomic E-state index is 0.00903. The molecule has 0 aromatic heterocycles. The maximum atomic E-state index is 12.8.